The minimum absolute atomic E-state index is 0.101. The highest BCUT2D eigenvalue weighted by Crippen LogP contribution is 2.22. The number of nitro benzene ring substituents is 1. The molecule has 0 radical (unpaired) electrons. The molecule has 0 aromatic heterocycles. The molecule has 1 aromatic carbocycles. The number of benzene rings is 1. The van der Waals surface area contributed by atoms with Crippen LogP contribution < -0.4 is 5.32 Å². The third-order valence-electron chi connectivity index (χ3n) is 4.54. The van der Waals surface area contributed by atoms with Crippen molar-refractivity contribution in [1.29, 1.82) is 0 Å². The smallest absolute Gasteiger partial charge is 0.270 e. The van der Waals surface area contributed by atoms with Gasteiger partial charge >= 0.3 is 0 Å². The molecule has 132 valence electrons. The Morgan fingerprint density at radius 3 is 2.92 bits per heavy atom. The van der Waals surface area contributed by atoms with Crippen LogP contribution in [0.1, 0.15) is 49.4 Å². The fourth-order valence-corrected chi connectivity index (χ4v) is 3.46. The van der Waals surface area contributed by atoms with Crippen LogP contribution in [0, 0.1) is 10.1 Å². The second-order valence-corrected chi connectivity index (χ2v) is 6.53. The van der Waals surface area contributed by atoms with Gasteiger partial charge in [-0.15, -0.1) is 0 Å². The van der Waals surface area contributed by atoms with Crippen molar-refractivity contribution in [3.8, 4) is 0 Å². The van der Waals surface area contributed by atoms with Gasteiger partial charge in [0.15, 0.2) is 0 Å². The summed E-state index contributed by atoms with van der Waals surface area (Å²) >= 11 is 5.97. The molecule has 1 N–H and O–H groups in total. The van der Waals surface area contributed by atoms with Crippen molar-refractivity contribution < 1.29 is 9.72 Å². The van der Waals surface area contributed by atoms with E-state index >= 15 is 0 Å². The number of hydrogen-bond acceptors (Lipinski definition) is 4. The van der Waals surface area contributed by atoms with Crippen molar-refractivity contribution in [1.82, 2.24) is 10.2 Å². The summed E-state index contributed by atoms with van der Waals surface area (Å²) < 4.78 is 0. The molecule has 1 aliphatic rings. The van der Waals surface area contributed by atoms with E-state index in [1.165, 1.54) is 43.9 Å². The maximum atomic E-state index is 12.1. The van der Waals surface area contributed by atoms with Crippen molar-refractivity contribution in [3.05, 3.63) is 38.9 Å². The molecule has 0 spiro atoms. The zero-order chi connectivity index (χ0) is 17.5. The Kier molecular flexibility index (Phi) is 6.99. The zero-order valence-electron chi connectivity index (χ0n) is 14.0. The number of carbonyl (C=O) groups excluding carboxylic acids is 1. The lowest BCUT2D eigenvalue weighted by molar-refractivity contribution is -0.384. The first-order chi connectivity index (χ1) is 11.5. The topological polar surface area (TPSA) is 75.5 Å². The van der Waals surface area contributed by atoms with Gasteiger partial charge in [0.25, 0.3) is 11.6 Å². The van der Waals surface area contributed by atoms with E-state index < -0.39 is 4.92 Å². The first-order valence-electron chi connectivity index (χ1n) is 8.49. The summed E-state index contributed by atoms with van der Waals surface area (Å²) in [7, 11) is 0. The predicted molar refractivity (Wildman–Crippen MR) is 94.6 cm³/mol. The summed E-state index contributed by atoms with van der Waals surface area (Å²) in [6.45, 7) is 4.91. The van der Waals surface area contributed by atoms with E-state index in [1.54, 1.807) is 0 Å². The van der Waals surface area contributed by atoms with Crippen molar-refractivity contribution in [2.45, 2.75) is 45.1 Å². The van der Waals surface area contributed by atoms with Gasteiger partial charge in [-0.3, -0.25) is 14.9 Å². The summed E-state index contributed by atoms with van der Waals surface area (Å²) in [6.07, 6.45) is 5.88. The van der Waals surface area contributed by atoms with Crippen LogP contribution in [0.15, 0.2) is 18.2 Å². The second-order valence-electron chi connectivity index (χ2n) is 6.12. The predicted octanol–water partition coefficient (Wildman–Crippen LogP) is 3.63. The average molecular weight is 354 g/mol. The maximum absolute atomic E-state index is 12.1. The Bertz CT molecular complexity index is 594. The summed E-state index contributed by atoms with van der Waals surface area (Å²) in [5, 5.41) is 13.6. The number of carbonyl (C=O) groups is 1. The van der Waals surface area contributed by atoms with E-state index in [0.717, 1.165) is 19.5 Å². The number of halogens is 1. The van der Waals surface area contributed by atoms with Crippen LogP contribution in [-0.2, 0) is 0 Å². The molecule has 1 unspecified atom stereocenters. The third-order valence-corrected chi connectivity index (χ3v) is 4.85. The molecule has 0 saturated carbocycles. The van der Waals surface area contributed by atoms with Crippen molar-refractivity contribution in [2.75, 3.05) is 19.6 Å². The number of rotatable bonds is 7. The van der Waals surface area contributed by atoms with Crippen LogP contribution in [0.2, 0.25) is 5.02 Å². The van der Waals surface area contributed by atoms with Crippen LogP contribution in [0.4, 0.5) is 5.69 Å². The lowest BCUT2D eigenvalue weighted by Crippen LogP contribution is -2.40. The molecule has 1 aliphatic heterocycles. The highest BCUT2D eigenvalue weighted by molar-refractivity contribution is 6.34. The van der Waals surface area contributed by atoms with Gasteiger partial charge in [0.2, 0.25) is 0 Å². The molecule has 24 heavy (non-hydrogen) atoms. The van der Waals surface area contributed by atoms with E-state index in [9.17, 15) is 14.9 Å². The van der Waals surface area contributed by atoms with Crippen LogP contribution in [0.3, 0.4) is 0 Å². The van der Waals surface area contributed by atoms with Gasteiger partial charge in [0.05, 0.1) is 15.5 Å². The van der Waals surface area contributed by atoms with Gasteiger partial charge in [-0.05, 0) is 38.3 Å². The molecule has 2 rings (SSSR count). The molecule has 1 heterocycles. The van der Waals surface area contributed by atoms with Gasteiger partial charge in [-0.25, -0.2) is 0 Å². The molecule has 1 amide bonds. The highest BCUT2D eigenvalue weighted by Gasteiger charge is 2.20. The molecule has 7 heteroatoms. The Balaban J connectivity index is 1.80. The van der Waals surface area contributed by atoms with Crippen LogP contribution in [0.25, 0.3) is 0 Å². The fourth-order valence-electron chi connectivity index (χ4n) is 3.20. The summed E-state index contributed by atoms with van der Waals surface area (Å²) in [6, 6.07) is 4.56. The van der Waals surface area contributed by atoms with Crippen LogP contribution in [0.5, 0.6) is 0 Å². The number of nitrogens with one attached hydrogen (secondary N) is 1. The number of non-ortho nitro benzene ring substituents is 1. The van der Waals surface area contributed by atoms with E-state index in [2.05, 4.69) is 17.1 Å². The van der Waals surface area contributed by atoms with E-state index in [-0.39, 0.29) is 22.2 Å². The summed E-state index contributed by atoms with van der Waals surface area (Å²) in [5.74, 6) is -0.291. The average Bonchev–Trinajstić information content (AvgIpc) is 2.58. The Labute approximate surface area is 147 Å². The molecular formula is C17H24ClN3O3. The highest BCUT2D eigenvalue weighted by atomic mass is 35.5. The first-order valence-corrected chi connectivity index (χ1v) is 8.87. The number of likely N-dealkylation sites (tertiary alicyclic amines) is 1. The van der Waals surface area contributed by atoms with E-state index in [0.29, 0.717) is 12.6 Å². The number of amides is 1. The zero-order valence-corrected chi connectivity index (χ0v) is 14.7. The SMILES string of the molecule is CCC1CCCCN1CCCNC(=O)c1ccc([N+](=O)[O-])cc1Cl. The number of nitrogens with zero attached hydrogens (tertiary/aromatic N) is 2. The van der Waals surface area contributed by atoms with Crippen molar-refractivity contribution in [2.24, 2.45) is 0 Å². The second kappa shape index (κ2) is 8.99. The summed E-state index contributed by atoms with van der Waals surface area (Å²) in [4.78, 5) is 24.8. The normalized spacial score (nSPS) is 18.3. The van der Waals surface area contributed by atoms with E-state index in [1.807, 2.05) is 0 Å². The Morgan fingerprint density at radius 2 is 2.25 bits per heavy atom. The molecule has 1 saturated heterocycles. The molecule has 0 bridgehead atoms. The van der Waals surface area contributed by atoms with Gasteiger partial charge in [-0.1, -0.05) is 24.9 Å². The monoisotopic (exact) mass is 353 g/mol. The Hall–Kier alpha value is -1.66. The lowest BCUT2D eigenvalue weighted by Gasteiger charge is -2.35. The van der Waals surface area contributed by atoms with Gasteiger partial charge in [0, 0.05) is 31.3 Å². The molecular weight excluding hydrogens is 330 g/mol. The maximum Gasteiger partial charge on any atom is 0.270 e. The van der Waals surface area contributed by atoms with Gasteiger partial charge in [0.1, 0.15) is 0 Å². The largest absolute Gasteiger partial charge is 0.352 e. The van der Waals surface area contributed by atoms with Gasteiger partial charge in [-0.2, -0.15) is 0 Å². The van der Waals surface area contributed by atoms with Gasteiger partial charge < -0.3 is 10.2 Å². The quantitative estimate of drug-likeness (QED) is 0.461. The van der Waals surface area contributed by atoms with Crippen LogP contribution in [-0.4, -0.2) is 41.4 Å². The third kappa shape index (κ3) is 4.92. The fraction of sp³-hybridized carbons (Fsp3) is 0.588. The number of piperidine rings is 1. The van der Waals surface area contributed by atoms with Crippen molar-refractivity contribution >= 4 is 23.2 Å². The summed E-state index contributed by atoms with van der Waals surface area (Å²) in [5.41, 5.74) is 0.152. The van der Waals surface area contributed by atoms with Crippen molar-refractivity contribution in [3.63, 3.8) is 0 Å². The lowest BCUT2D eigenvalue weighted by atomic mass is 10.00. The molecule has 0 aliphatic carbocycles. The number of nitro groups is 1. The minimum atomic E-state index is -0.531. The molecule has 1 fully saturated rings. The number of hydrogen-bond donors (Lipinski definition) is 1. The molecule has 1 aromatic rings. The first kappa shape index (κ1) is 18.7. The molecule has 1 atom stereocenters. The van der Waals surface area contributed by atoms with E-state index in [4.69, 9.17) is 11.6 Å². The Morgan fingerprint density at radius 1 is 1.46 bits per heavy atom. The standard InChI is InChI=1S/C17H24ClN3O3/c1-2-13-6-3-4-10-20(13)11-5-9-19-17(22)15-8-7-14(21(23)24)12-16(15)18/h7-8,12-13H,2-6,9-11H2,1H3,(H,19,22). The minimum Gasteiger partial charge on any atom is -0.352 e. The molecule has 6 nitrogen and oxygen atoms in total. The van der Waals surface area contributed by atoms with Crippen LogP contribution >= 0.6 is 11.6 Å².